The highest BCUT2D eigenvalue weighted by Gasteiger charge is 2.42. The molecule has 6 N–H and O–H groups in total. The Morgan fingerprint density at radius 2 is 1.96 bits per heavy atom. The summed E-state index contributed by atoms with van der Waals surface area (Å²) in [5.41, 5.74) is 13.2. The van der Waals surface area contributed by atoms with Gasteiger partial charge in [0.15, 0.2) is 0 Å². The second-order valence-electron chi connectivity index (χ2n) is 6.86. The van der Waals surface area contributed by atoms with Gasteiger partial charge < -0.3 is 26.2 Å². The molecule has 1 fully saturated rings. The molecule has 0 spiro atoms. The minimum Gasteiger partial charge on any atom is -0.390 e. The van der Waals surface area contributed by atoms with E-state index >= 15 is 0 Å². The summed E-state index contributed by atoms with van der Waals surface area (Å²) in [6, 6.07) is 7.13. The molecule has 3 aromatic rings. The van der Waals surface area contributed by atoms with Gasteiger partial charge in [0, 0.05) is 11.9 Å². The number of aryl methyl sites for hydroxylation is 1. The second-order valence-corrected chi connectivity index (χ2v) is 6.86. The number of pyridine rings is 1. The van der Waals surface area contributed by atoms with Gasteiger partial charge in [-0.25, -0.2) is 15.0 Å². The number of aliphatic hydroxyl groups excluding tert-OH is 2. The molecule has 1 saturated carbocycles. The number of nitrogen functional groups attached to an aromatic ring is 2. The Balaban J connectivity index is 1.53. The normalized spacial score (nSPS) is 25.8. The van der Waals surface area contributed by atoms with Gasteiger partial charge in [-0.15, -0.1) is 0 Å². The molecule has 0 aromatic carbocycles. The van der Waals surface area contributed by atoms with Crippen LogP contribution in [0.5, 0.6) is 0 Å². The molecule has 3 heterocycles. The summed E-state index contributed by atoms with van der Waals surface area (Å²) in [7, 11) is 0. The molecule has 8 heteroatoms. The molecule has 0 aliphatic heterocycles. The third kappa shape index (κ3) is 2.87. The molecule has 1 aliphatic carbocycles. The number of rotatable bonds is 4. The standard InChI is InChI=1S/C18H22N6O2/c19-14-3-1-2-11(23-14)5-4-10-8-13(16(26)15(10)25)24-7-6-12-17(20)21-9-22-18(12)24/h1-3,6-7,9-10,13,15-16,25-26H,4-5,8H2,(H2,19,23)(H2,20,21,22)/t10-,13+,15+,16-/m0/s1. The quantitative estimate of drug-likeness (QED) is 0.546. The van der Waals surface area contributed by atoms with Gasteiger partial charge in [0.05, 0.1) is 17.5 Å². The van der Waals surface area contributed by atoms with E-state index in [1.807, 2.05) is 29.0 Å². The van der Waals surface area contributed by atoms with E-state index in [1.54, 1.807) is 6.07 Å². The van der Waals surface area contributed by atoms with Crippen molar-refractivity contribution in [2.75, 3.05) is 11.5 Å². The number of aromatic nitrogens is 4. The molecule has 3 aromatic heterocycles. The summed E-state index contributed by atoms with van der Waals surface area (Å²) in [5.74, 6) is 0.865. The zero-order chi connectivity index (χ0) is 18.3. The monoisotopic (exact) mass is 354 g/mol. The van der Waals surface area contributed by atoms with Crippen molar-refractivity contribution in [2.45, 2.75) is 37.5 Å². The van der Waals surface area contributed by atoms with Crippen LogP contribution in [0.1, 0.15) is 24.6 Å². The van der Waals surface area contributed by atoms with Crippen molar-refractivity contribution >= 4 is 22.7 Å². The van der Waals surface area contributed by atoms with Crippen LogP contribution in [0, 0.1) is 5.92 Å². The lowest BCUT2D eigenvalue weighted by Crippen LogP contribution is -2.29. The summed E-state index contributed by atoms with van der Waals surface area (Å²) < 4.78 is 1.89. The Morgan fingerprint density at radius 1 is 1.12 bits per heavy atom. The number of aliphatic hydroxyl groups is 2. The van der Waals surface area contributed by atoms with Crippen LogP contribution in [-0.4, -0.2) is 41.9 Å². The lowest BCUT2D eigenvalue weighted by atomic mass is 9.98. The number of anilines is 2. The SMILES string of the molecule is Nc1cccc(CC[C@H]2C[C@@H](n3ccc4c(N)ncnc43)[C@H](O)[C@@H]2O)n1. The molecule has 136 valence electrons. The first-order valence-electron chi connectivity index (χ1n) is 8.69. The molecular weight excluding hydrogens is 332 g/mol. The molecule has 0 radical (unpaired) electrons. The van der Waals surface area contributed by atoms with Crippen molar-refractivity contribution in [1.29, 1.82) is 0 Å². The van der Waals surface area contributed by atoms with Crippen LogP contribution in [0.25, 0.3) is 11.0 Å². The highest BCUT2D eigenvalue weighted by Crippen LogP contribution is 2.39. The zero-order valence-electron chi connectivity index (χ0n) is 14.2. The van der Waals surface area contributed by atoms with Gasteiger partial charge in [0.1, 0.15) is 29.7 Å². The first-order chi connectivity index (χ1) is 12.5. The van der Waals surface area contributed by atoms with Crippen molar-refractivity contribution in [2.24, 2.45) is 5.92 Å². The van der Waals surface area contributed by atoms with Crippen LogP contribution in [0.3, 0.4) is 0 Å². The summed E-state index contributed by atoms with van der Waals surface area (Å²) in [4.78, 5) is 12.6. The Hall–Kier alpha value is -2.71. The van der Waals surface area contributed by atoms with E-state index < -0.39 is 12.2 Å². The Kier molecular flexibility index (Phi) is 4.21. The Bertz CT molecular complexity index is 927. The van der Waals surface area contributed by atoms with E-state index in [1.165, 1.54) is 6.33 Å². The van der Waals surface area contributed by atoms with Gasteiger partial charge in [0.25, 0.3) is 0 Å². The maximum Gasteiger partial charge on any atom is 0.145 e. The summed E-state index contributed by atoms with van der Waals surface area (Å²) in [6.07, 6.45) is 3.68. The van der Waals surface area contributed by atoms with Crippen molar-refractivity contribution < 1.29 is 10.2 Å². The van der Waals surface area contributed by atoms with Crippen molar-refractivity contribution in [3.8, 4) is 0 Å². The highest BCUT2D eigenvalue weighted by molar-refractivity contribution is 5.86. The van der Waals surface area contributed by atoms with E-state index in [0.29, 0.717) is 30.1 Å². The lowest BCUT2D eigenvalue weighted by molar-refractivity contribution is 0.00542. The highest BCUT2D eigenvalue weighted by atomic mass is 16.3. The van der Waals surface area contributed by atoms with E-state index in [2.05, 4.69) is 15.0 Å². The van der Waals surface area contributed by atoms with Crippen LogP contribution in [0.15, 0.2) is 36.8 Å². The van der Waals surface area contributed by atoms with Crippen LogP contribution < -0.4 is 11.5 Å². The first kappa shape index (κ1) is 16.7. The summed E-state index contributed by atoms with van der Waals surface area (Å²) in [6.45, 7) is 0. The predicted octanol–water partition coefficient (Wildman–Crippen LogP) is 0.906. The van der Waals surface area contributed by atoms with Crippen LogP contribution >= 0.6 is 0 Å². The first-order valence-corrected chi connectivity index (χ1v) is 8.69. The maximum atomic E-state index is 10.6. The molecule has 4 rings (SSSR count). The van der Waals surface area contributed by atoms with Crippen molar-refractivity contribution in [3.05, 3.63) is 42.5 Å². The van der Waals surface area contributed by atoms with Crippen LogP contribution in [0.2, 0.25) is 0 Å². The molecular formula is C18H22N6O2. The van der Waals surface area contributed by atoms with Gasteiger partial charge in [-0.2, -0.15) is 0 Å². The number of hydrogen-bond donors (Lipinski definition) is 4. The molecule has 4 atom stereocenters. The number of nitrogens with zero attached hydrogens (tertiary/aromatic N) is 4. The molecule has 0 amide bonds. The maximum absolute atomic E-state index is 10.6. The minimum atomic E-state index is -0.861. The average Bonchev–Trinajstić information content (AvgIpc) is 3.17. The van der Waals surface area contributed by atoms with Gasteiger partial charge >= 0.3 is 0 Å². The van der Waals surface area contributed by atoms with Gasteiger partial charge in [-0.3, -0.25) is 0 Å². The number of fused-ring (bicyclic) bond motifs is 1. The van der Waals surface area contributed by atoms with E-state index in [-0.39, 0.29) is 12.0 Å². The second kappa shape index (κ2) is 6.54. The van der Waals surface area contributed by atoms with Crippen LogP contribution in [0.4, 0.5) is 11.6 Å². The molecule has 26 heavy (non-hydrogen) atoms. The van der Waals surface area contributed by atoms with Gasteiger partial charge in [0.2, 0.25) is 0 Å². The minimum absolute atomic E-state index is 0.0325. The predicted molar refractivity (Wildman–Crippen MR) is 98.1 cm³/mol. The number of nitrogens with two attached hydrogens (primary N) is 2. The topological polar surface area (TPSA) is 136 Å². The average molecular weight is 354 g/mol. The fourth-order valence-electron chi connectivity index (χ4n) is 3.89. The smallest absolute Gasteiger partial charge is 0.145 e. The van der Waals surface area contributed by atoms with E-state index in [0.717, 1.165) is 17.5 Å². The Morgan fingerprint density at radius 3 is 2.77 bits per heavy atom. The molecule has 0 unspecified atom stereocenters. The van der Waals surface area contributed by atoms with Gasteiger partial charge in [-0.1, -0.05) is 6.07 Å². The summed E-state index contributed by atoms with van der Waals surface area (Å²) >= 11 is 0. The molecule has 0 bridgehead atoms. The largest absolute Gasteiger partial charge is 0.390 e. The van der Waals surface area contributed by atoms with E-state index in [4.69, 9.17) is 11.5 Å². The molecule has 0 saturated heterocycles. The van der Waals surface area contributed by atoms with E-state index in [9.17, 15) is 10.2 Å². The Labute approximate surface area is 150 Å². The third-order valence-electron chi connectivity index (χ3n) is 5.27. The molecule has 8 nitrogen and oxygen atoms in total. The van der Waals surface area contributed by atoms with Gasteiger partial charge in [-0.05, 0) is 43.4 Å². The zero-order valence-corrected chi connectivity index (χ0v) is 14.2. The lowest BCUT2D eigenvalue weighted by Gasteiger charge is -2.19. The summed E-state index contributed by atoms with van der Waals surface area (Å²) in [5, 5.41) is 21.9. The van der Waals surface area contributed by atoms with Crippen molar-refractivity contribution in [3.63, 3.8) is 0 Å². The fraction of sp³-hybridized carbons (Fsp3) is 0.389. The van der Waals surface area contributed by atoms with Crippen molar-refractivity contribution in [1.82, 2.24) is 19.5 Å². The fourth-order valence-corrected chi connectivity index (χ4v) is 3.89. The number of hydrogen-bond acceptors (Lipinski definition) is 7. The van der Waals surface area contributed by atoms with Crippen LogP contribution in [-0.2, 0) is 6.42 Å². The molecule has 1 aliphatic rings. The third-order valence-corrected chi connectivity index (χ3v) is 5.27.